The van der Waals surface area contributed by atoms with E-state index in [9.17, 15) is 14.4 Å². The third-order valence-corrected chi connectivity index (χ3v) is 5.20. The summed E-state index contributed by atoms with van der Waals surface area (Å²) in [6, 6.07) is -1.25. The highest BCUT2D eigenvalue weighted by Crippen LogP contribution is 2.37. The molecule has 7 nitrogen and oxygen atoms in total. The smallest absolute Gasteiger partial charge is 0.410 e. The lowest BCUT2D eigenvalue weighted by Gasteiger charge is -2.44. The normalized spacial score (nSPS) is 26.2. The number of amides is 2. The number of nitrogens with zero attached hydrogens (tertiary/aromatic N) is 1. The first kappa shape index (κ1) is 23.4. The fourth-order valence-electron chi connectivity index (χ4n) is 4.01. The number of hydrogen-bond donors (Lipinski definition) is 1. The third-order valence-electron chi connectivity index (χ3n) is 5.20. The van der Waals surface area contributed by atoms with Gasteiger partial charge in [-0.1, -0.05) is 13.3 Å². The van der Waals surface area contributed by atoms with E-state index in [4.69, 9.17) is 9.47 Å². The van der Waals surface area contributed by atoms with E-state index in [1.807, 2.05) is 20.8 Å². The van der Waals surface area contributed by atoms with Crippen molar-refractivity contribution in [3.8, 4) is 0 Å². The molecule has 0 unspecified atom stereocenters. The van der Waals surface area contributed by atoms with Crippen molar-refractivity contribution < 1.29 is 23.9 Å². The summed E-state index contributed by atoms with van der Waals surface area (Å²) in [5.74, 6) is -0.636. The van der Waals surface area contributed by atoms with Gasteiger partial charge in [-0.05, 0) is 47.5 Å². The van der Waals surface area contributed by atoms with Gasteiger partial charge in [0.15, 0.2) is 0 Å². The minimum atomic E-state index is -0.726. The zero-order valence-corrected chi connectivity index (χ0v) is 18.0. The Kier molecular flexibility index (Phi) is 7.84. The number of methoxy groups -OCH3 is 1. The van der Waals surface area contributed by atoms with Gasteiger partial charge < -0.3 is 19.6 Å². The van der Waals surface area contributed by atoms with E-state index in [1.54, 1.807) is 32.8 Å². The molecule has 1 heterocycles. The number of likely N-dealkylation sites (tertiary alicyclic amines) is 1. The lowest BCUT2D eigenvalue weighted by Crippen LogP contribution is -2.64. The van der Waals surface area contributed by atoms with Crippen LogP contribution in [0.1, 0.15) is 67.7 Å². The van der Waals surface area contributed by atoms with E-state index < -0.39 is 35.3 Å². The van der Waals surface area contributed by atoms with Crippen molar-refractivity contribution in [2.75, 3.05) is 7.11 Å². The van der Waals surface area contributed by atoms with Crippen LogP contribution >= 0.6 is 0 Å². The molecule has 0 aromatic heterocycles. The highest BCUT2D eigenvalue weighted by atomic mass is 16.6. The molecule has 1 rings (SSSR count). The fraction of sp³-hybridized carbons (Fsp3) is 0.850. The largest absolute Gasteiger partial charge is 0.444 e. The van der Waals surface area contributed by atoms with Gasteiger partial charge >= 0.3 is 6.09 Å². The van der Waals surface area contributed by atoms with Crippen LogP contribution in [0.5, 0.6) is 0 Å². The van der Waals surface area contributed by atoms with Crippen molar-refractivity contribution in [1.82, 2.24) is 10.2 Å². The molecule has 1 aliphatic heterocycles. The van der Waals surface area contributed by atoms with Crippen molar-refractivity contribution in [3.05, 3.63) is 0 Å². The van der Waals surface area contributed by atoms with Gasteiger partial charge in [-0.2, -0.15) is 0 Å². The van der Waals surface area contributed by atoms with E-state index in [2.05, 4.69) is 5.32 Å². The Morgan fingerprint density at radius 3 is 2.30 bits per heavy atom. The second-order valence-electron chi connectivity index (χ2n) is 8.71. The summed E-state index contributed by atoms with van der Waals surface area (Å²) in [6.45, 7) is 12.7. The van der Waals surface area contributed by atoms with Gasteiger partial charge in [-0.3, -0.25) is 9.69 Å². The second-order valence-corrected chi connectivity index (χ2v) is 8.71. The molecule has 0 radical (unpaired) electrons. The summed E-state index contributed by atoms with van der Waals surface area (Å²) in [5.41, 5.74) is -1.38. The zero-order valence-electron chi connectivity index (χ0n) is 18.0. The summed E-state index contributed by atoms with van der Waals surface area (Å²) < 4.78 is 11.4. The molecule has 1 aliphatic rings. The summed E-state index contributed by atoms with van der Waals surface area (Å²) in [7, 11) is 1.59. The van der Waals surface area contributed by atoms with Crippen molar-refractivity contribution in [2.24, 2.45) is 5.92 Å². The number of carbonyl (C=O) groups is 3. The van der Waals surface area contributed by atoms with Crippen molar-refractivity contribution in [3.63, 3.8) is 0 Å². The number of nitrogens with one attached hydrogen (secondary N) is 1. The molecule has 1 fully saturated rings. The Morgan fingerprint density at radius 1 is 1.30 bits per heavy atom. The molecule has 7 heteroatoms. The highest BCUT2D eigenvalue weighted by Gasteiger charge is 2.52. The van der Waals surface area contributed by atoms with Gasteiger partial charge in [0.2, 0.25) is 5.91 Å². The van der Waals surface area contributed by atoms with Gasteiger partial charge in [0.25, 0.3) is 0 Å². The number of aldehydes is 1. The van der Waals surface area contributed by atoms with Crippen LogP contribution in [-0.2, 0) is 19.1 Å². The van der Waals surface area contributed by atoms with E-state index in [1.165, 1.54) is 6.92 Å². The molecule has 0 spiro atoms. The Labute approximate surface area is 163 Å². The molecule has 0 aliphatic carbocycles. The highest BCUT2D eigenvalue weighted by molar-refractivity contribution is 5.75. The Morgan fingerprint density at radius 2 is 1.89 bits per heavy atom. The molecule has 0 saturated carbocycles. The average molecular weight is 385 g/mol. The number of ether oxygens (including phenoxy) is 2. The van der Waals surface area contributed by atoms with Gasteiger partial charge in [0, 0.05) is 26.0 Å². The molecular weight excluding hydrogens is 348 g/mol. The molecule has 0 aromatic rings. The Balaban J connectivity index is 3.39. The predicted octanol–water partition coefficient (Wildman–Crippen LogP) is 2.91. The number of rotatable bonds is 7. The van der Waals surface area contributed by atoms with Crippen LogP contribution in [0.25, 0.3) is 0 Å². The molecule has 0 aromatic carbocycles. The number of carbonyl (C=O) groups excluding carboxylic acids is 3. The summed E-state index contributed by atoms with van der Waals surface area (Å²) in [6.07, 6.45) is 2.43. The minimum absolute atomic E-state index is 0.181. The van der Waals surface area contributed by atoms with Crippen LogP contribution in [-0.4, -0.2) is 59.6 Å². The lowest BCUT2D eigenvalue weighted by molar-refractivity contribution is -0.126. The molecule has 2 amide bonds. The Hall–Kier alpha value is -1.63. The quantitative estimate of drug-likeness (QED) is 0.682. The van der Waals surface area contributed by atoms with Gasteiger partial charge in [0.05, 0.1) is 17.7 Å². The maximum Gasteiger partial charge on any atom is 0.410 e. The van der Waals surface area contributed by atoms with Crippen LogP contribution in [0, 0.1) is 5.92 Å². The van der Waals surface area contributed by atoms with Gasteiger partial charge in [-0.25, -0.2) is 4.79 Å². The summed E-state index contributed by atoms with van der Waals surface area (Å²) in [4.78, 5) is 38.4. The average Bonchev–Trinajstić information content (AvgIpc) is 2.87. The first-order valence-corrected chi connectivity index (χ1v) is 9.69. The second kappa shape index (κ2) is 9.04. The van der Waals surface area contributed by atoms with Gasteiger partial charge in [-0.15, -0.1) is 0 Å². The summed E-state index contributed by atoms with van der Waals surface area (Å²) >= 11 is 0. The van der Waals surface area contributed by atoms with E-state index in [0.29, 0.717) is 12.8 Å². The van der Waals surface area contributed by atoms with Crippen molar-refractivity contribution >= 4 is 18.3 Å². The molecule has 27 heavy (non-hydrogen) atoms. The van der Waals surface area contributed by atoms with Crippen molar-refractivity contribution in [2.45, 2.75) is 97.1 Å². The first-order chi connectivity index (χ1) is 12.4. The summed E-state index contributed by atoms with van der Waals surface area (Å²) in [5, 5.41) is 2.96. The topological polar surface area (TPSA) is 84.9 Å². The minimum Gasteiger partial charge on any atom is -0.444 e. The molecule has 0 bridgehead atoms. The van der Waals surface area contributed by atoms with Crippen LogP contribution in [0.4, 0.5) is 4.79 Å². The maximum absolute atomic E-state index is 12.9. The third kappa shape index (κ3) is 5.67. The van der Waals surface area contributed by atoms with Crippen LogP contribution in [0.2, 0.25) is 0 Å². The fourth-order valence-corrected chi connectivity index (χ4v) is 4.01. The first-order valence-electron chi connectivity index (χ1n) is 9.69. The molecule has 156 valence electrons. The van der Waals surface area contributed by atoms with Crippen LogP contribution in [0.15, 0.2) is 0 Å². The van der Waals surface area contributed by atoms with Crippen LogP contribution < -0.4 is 5.32 Å². The lowest BCUT2D eigenvalue weighted by atomic mass is 9.81. The van der Waals surface area contributed by atoms with Crippen LogP contribution in [0.3, 0.4) is 0 Å². The van der Waals surface area contributed by atoms with E-state index in [0.717, 1.165) is 12.7 Å². The molecule has 5 atom stereocenters. The van der Waals surface area contributed by atoms with E-state index >= 15 is 0 Å². The molecule has 1 N–H and O–H groups in total. The number of hydrogen-bond acceptors (Lipinski definition) is 5. The SMILES string of the molecule is CCC[C@](C)(OC)[C@H](NC(C)=O)[C@H]1[C@H](C=O)C[C@H](C)N1C(=O)OC(C)(C)C. The van der Waals surface area contributed by atoms with Crippen molar-refractivity contribution in [1.29, 1.82) is 0 Å². The predicted molar refractivity (Wildman–Crippen MR) is 103 cm³/mol. The maximum atomic E-state index is 12.9. The monoisotopic (exact) mass is 384 g/mol. The molecular formula is C20H36N2O5. The van der Waals surface area contributed by atoms with Gasteiger partial charge in [0.1, 0.15) is 11.9 Å². The zero-order chi connectivity index (χ0) is 21.0. The van der Waals surface area contributed by atoms with E-state index in [-0.39, 0.29) is 11.9 Å². The molecule has 1 saturated heterocycles. The standard InChI is InChI=1S/C20H36N2O5/c1-9-10-20(7,26-8)17(21-14(3)24)16-15(12-23)11-13(2)22(16)18(25)27-19(4,5)6/h12-13,15-17H,9-11H2,1-8H3,(H,21,24)/t13-,15-,16+,17+,20-/m0/s1. The Bertz CT molecular complexity index is 545.